The molecule has 1 aliphatic rings. The van der Waals surface area contributed by atoms with Gasteiger partial charge in [-0.2, -0.15) is 0 Å². The third-order valence-corrected chi connectivity index (χ3v) is 6.16. The van der Waals surface area contributed by atoms with E-state index in [4.69, 9.17) is 4.42 Å². The molecule has 160 valence electrons. The maximum Gasteiger partial charge on any atom is 0.326 e. The minimum atomic E-state index is -0.192. The lowest BCUT2D eigenvalue weighted by Crippen LogP contribution is -2.43. The van der Waals surface area contributed by atoms with E-state index in [1.165, 1.54) is 0 Å². The van der Waals surface area contributed by atoms with Gasteiger partial charge in [0.15, 0.2) is 0 Å². The van der Waals surface area contributed by atoms with E-state index in [0.717, 1.165) is 53.7 Å². The summed E-state index contributed by atoms with van der Waals surface area (Å²) in [6.07, 6.45) is 1.68. The Hall–Kier alpha value is -3.32. The molecule has 1 fully saturated rings. The number of carbonyl (C=O) groups is 1. The first-order valence-corrected chi connectivity index (χ1v) is 10.8. The van der Waals surface area contributed by atoms with Gasteiger partial charge in [0.1, 0.15) is 11.3 Å². The van der Waals surface area contributed by atoms with Crippen LogP contribution in [0.15, 0.2) is 63.8 Å². The van der Waals surface area contributed by atoms with E-state index in [1.54, 1.807) is 0 Å². The molecule has 3 heterocycles. The predicted octanol–water partition coefficient (Wildman–Crippen LogP) is 3.59. The molecule has 1 aliphatic heterocycles. The van der Waals surface area contributed by atoms with Gasteiger partial charge in [0, 0.05) is 24.5 Å². The van der Waals surface area contributed by atoms with Gasteiger partial charge in [0.05, 0.1) is 23.6 Å². The third-order valence-electron chi connectivity index (χ3n) is 6.16. The monoisotopic (exact) mass is 418 g/mol. The van der Waals surface area contributed by atoms with Crippen LogP contribution in [0.5, 0.6) is 0 Å². The quantitative estimate of drug-likeness (QED) is 0.519. The molecule has 5 rings (SSSR count). The summed E-state index contributed by atoms with van der Waals surface area (Å²) in [6, 6.07) is 17.6. The zero-order valence-corrected chi connectivity index (χ0v) is 17.5. The van der Waals surface area contributed by atoms with Crippen LogP contribution in [0.2, 0.25) is 0 Å². The number of aromatic amines is 1. The summed E-state index contributed by atoms with van der Waals surface area (Å²) in [7, 11) is 0. The fourth-order valence-corrected chi connectivity index (χ4v) is 4.55. The number of furan rings is 1. The average Bonchev–Trinajstić information content (AvgIpc) is 3.35. The number of nitrogens with one attached hydrogen (secondary N) is 2. The summed E-state index contributed by atoms with van der Waals surface area (Å²) in [5.74, 6) is 0.739. The lowest BCUT2D eigenvalue weighted by atomic mass is 10.0. The number of hydrogen-bond donors (Lipinski definition) is 2. The highest BCUT2D eigenvalue weighted by Crippen LogP contribution is 2.25. The number of nitrogens with zero attached hydrogens (tertiary/aromatic N) is 2. The van der Waals surface area contributed by atoms with Gasteiger partial charge >= 0.3 is 5.69 Å². The Balaban J connectivity index is 1.18. The molecule has 2 aromatic carbocycles. The molecule has 0 saturated carbocycles. The fraction of sp³-hybridized carbons (Fsp3) is 0.333. The van der Waals surface area contributed by atoms with Crippen LogP contribution in [0.3, 0.4) is 0 Å². The van der Waals surface area contributed by atoms with Crippen molar-refractivity contribution in [1.82, 2.24) is 19.8 Å². The first kappa shape index (κ1) is 19.6. The Morgan fingerprint density at radius 3 is 2.71 bits per heavy atom. The van der Waals surface area contributed by atoms with Crippen molar-refractivity contribution in [3.8, 4) is 0 Å². The molecule has 1 atom stereocenters. The molecule has 4 aromatic rings. The van der Waals surface area contributed by atoms with Crippen LogP contribution in [0.4, 0.5) is 0 Å². The van der Waals surface area contributed by atoms with E-state index >= 15 is 0 Å². The number of H-pyrrole nitrogens is 1. The SMILES string of the molecule is CC(NC(=O)CN1CCC(n2c(=O)[nH]c3ccccc32)CC1)c1cc2ccccc2o1. The lowest BCUT2D eigenvalue weighted by molar-refractivity contribution is -0.123. The van der Waals surface area contributed by atoms with E-state index in [-0.39, 0.29) is 23.7 Å². The molecular weight excluding hydrogens is 392 g/mol. The van der Waals surface area contributed by atoms with Crippen molar-refractivity contribution in [2.45, 2.75) is 31.8 Å². The number of imidazole rings is 1. The van der Waals surface area contributed by atoms with Gasteiger partial charge in [-0.1, -0.05) is 30.3 Å². The molecule has 2 N–H and O–H groups in total. The summed E-state index contributed by atoms with van der Waals surface area (Å²) in [4.78, 5) is 30.1. The van der Waals surface area contributed by atoms with Crippen molar-refractivity contribution in [2.75, 3.05) is 19.6 Å². The van der Waals surface area contributed by atoms with Gasteiger partial charge in [0.2, 0.25) is 5.91 Å². The molecular formula is C24H26N4O3. The predicted molar refractivity (Wildman–Crippen MR) is 120 cm³/mol. The Morgan fingerprint density at radius 1 is 1.16 bits per heavy atom. The number of para-hydroxylation sites is 3. The van der Waals surface area contributed by atoms with Crippen molar-refractivity contribution in [3.63, 3.8) is 0 Å². The number of fused-ring (bicyclic) bond motifs is 2. The van der Waals surface area contributed by atoms with Crippen LogP contribution in [0.25, 0.3) is 22.0 Å². The number of hydrogen-bond acceptors (Lipinski definition) is 4. The maximum atomic E-state index is 12.6. The average molecular weight is 418 g/mol. The minimum absolute atomic E-state index is 0.0179. The standard InChI is InChI=1S/C24H26N4O3/c1-16(22-14-17-6-2-5-9-21(17)31-22)25-23(29)15-27-12-10-18(11-13-27)28-20-8-4-3-7-19(20)26-24(28)30/h2-9,14,16,18H,10-13,15H2,1H3,(H,25,29)(H,26,30). The number of benzene rings is 2. The molecule has 2 aromatic heterocycles. The van der Waals surface area contributed by atoms with Crippen molar-refractivity contribution in [3.05, 3.63) is 70.8 Å². The third kappa shape index (κ3) is 3.88. The molecule has 1 amide bonds. The molecule has 0 aliphatic carbocycles. The molecule has 1 unspecified atom stereocenters. The van der Waals surface area contributed by atoms with Gasteiger partial charge in [-0.05, 0) is 44.0 Å². The van der Waals surface area contributed by atoms with Crippen molar-refractivity contribution in [2.24, 2.45) is 0 Å². The lowest BCUT2D eigenvalue weighted by Gasteiger charge is -2.32. The van der Waals surface area contributed by atoms with Gasteiger partial charge in [-0.3, -0.25) is 14.3 Å². The van der Waals surface area contributed by atoms with Gasteiger partial charge in [0.25, 0.3) is 0 Å². The van der Waals surface area contributed by atoms with E-state index in [9.17, 15) is 9.59 Å². The second kappa shape index (κ2) is 8.07. The van der Waals surface area contributed by atoms with E-state index in [0.29, 0.717) is 6.54 Å². The summed E-state index contributed by atoms with van der Waals surface area (Å²) in [5.41, 5.74) is 2.59. The van der Waals surface area contributed by atoms with Crippen LogP contribution in [0, 0.1) is 0 Å². The number of aromatic nitrogens is 2. The summed E-state index contributed by atoms with van der Waals surface area (Å²) in [5, 5.41) is 4.08. The smallest absolute Gasteiger partial charge is 0.326 e. The Labute approximate surface area is 179 Å². The highest BCUT2D eigenvalue weighted by molar-refractivity contribution is 5.80. The zero-order valence-electron chi connectivity index (χ0n) is 17.5. The molecule has 0 spiro atoms. The van der Waals surface area contributed by atoms with Crippen LogP contribution >= 0.6 is 0 Å². The van der Waals surface area contributed by atoms with Crippen LogP contribution in [0.1, 0.15) is 37.6 Å². The number of carbonyl (C=O) groups excluding carboxylic acids is 1. The highest BCUT2D eigenvalue weighted by Gasteiger charge is 2.25. The number of piperidine rings is 1. The van der Waals surface area contributed by atoms with Gasteiger partial charge < -0.3 is 14.7 Å². The first-order chi connectivity index (χ1) is 15.1. The van der Waals surface area contributed by atoms with Crippen molar-refractivity contribution >= 4 is 27.9 Å². The van der Waals surface area contributed by atoms with E-state index in [2.05, 4.69) is 15.2 Å². The Bertz CT molecular complexity index is 1240. The Morgan fingerprint density at radius 2 is 1.90 bits per heavy atom. The number of rotatable bonds is 5. The molecule has 7 nitrogen and oxygen atoms in total. The largest absolute Gasteiger partial charge is 0.459 e. The van der Waals surface area contributed by atoms with E-state index in [1.807, 2.05) is 66.1 Å². The molecule has 0 bridgehead atoms. The minimum Gasteiger partial charge on any atom is -0.459 e. The van der Waals surface area contributed by atoms with Gasteiger partial charge in [-0.15, -0.1) is 0 Å². The summed E-state index contributed by atoms with van der Waals surface area (Å²) >= 11 is 0. The Kier molecular flexibility index (Phi) is 5.11. The van der Waals surface area contributed by atoms with Crippen molar-refractivity contribution in [1.29, 1.82) is 0 Å². The first-order valence-electron chi connectivity index (χ1n) is 10.8. The number of likely N-dealkylation sites (tertiary alicyclic amines) is 1. The maximum absolute atomic E-state index is 12.6. The topological polar surface area (TPSA) is 83.3 Å². The molecule has 0 radical (unpaired) electrons. The van der Waals surface area contributed by atoms with Crippen LogP contribution < -0.4 is 11.0 Å². The summed E-state index contributed by atoms with van der Waals surface area (Å²) < 4.78 is 7.73. The second-order valence-electron chi connectivity index (χ2n) is 8.30. The van der Waals surface area contributed by atoms with Crippen LogP contribution in [-0.2, 0) is 4.79 Å². The normalized spacial score (nSPS) is 16.7. The second-order valence-corrected chi connectivity index (χ2v) is 8.30. The fourth-order valence-electron chi connectivity index (χ4n) is 4.55. The molecule has 1 saturated heterocycles. The van der Waals surface area contributed by atoms with E-state index < -0.39 is 0 Å². The van der Waals surface area contributed by atoms with Crippen molar-refractivity contribution < 1.29 is 9.21 Å². The molecule has 7 heteroatoms. The van der Waals surface area contributed by atoms with Gasteiger partial charge in [-0.25, -0.2) is 4.79 Å². The zero-order chi connectivity index (χ0) is 21.4. The molecule has 31 heavy (non-hydrogen) atoms. The number of amides is 1. The summed E-state index contributed by atoms with van der Waals surface area (Å²) in [6.45, 7) is 3.84. The highest BCUT2D eigenvalue weighted by atomic mass is 16.3. The van der Waals surface area contributed by atoms with Crippen LogP contribution in [-0.4, -0.2) is 40.0 Å².